The third-order valence-corrected chi connectivity index (χ3v) is 3.63. The second-order valence-electron chi connectivity index (χ2n) is 5.32. The highest BCUT2D eigenvalue weighted by atomic mass is 35.5. The molecule has 0 fully saturated rings. The Bertz CT molecular complexity index is 566. The Kier molecular flexibility index (Phi) is 5.97. The number of halogens is 1. The number of hydrogen-bond acceptors (Lipinski definition) is 2. The molecular weight excluding hydrogens is 282 g/mol. The second-order valence-corrected chi connectivity index (χ2v) is 5.75. The Morgan fingerprint density at radius 1 is 1.00 bits per heavy atom. The fourth-order valence-corrected chi connectivity index (χ4v) is 2.33. The van der Waals surface area contributed by atoms with Gasteiger partial charge in [-0.2, -0.15) is 0 Å². The number of carbonyl (C=O) groups excluding carboxylic acids is 1. The number of benzene rings is 2. The second kappa shape index (κ2) is 7.96. The Morgan fingerprint density at radius 2 is 1.67 bits per heavy atom. The van der Waals surface area contributed by atoms with Gasteiger partial charge in [0.2, 0.25) is 0 Å². The lowest BCUT2D eigenvalue weighted by Gasteiger charge is -2.16. The zero-order chi connectivity index (χ0) is 15.1. The number of carbonyl (C=O) groups is 1. The maximum absolute atomic E-state index is 12.0. The zero-order valence-corrected chi connectivity index (χ0v) is 13.0. The van der Waals surface area contributed by atoms with Crippen molar-refractivity contribution in [1.82, 2.24) is 4.90 Å². The Hall–Kier alpha value is -1.64. The van der Waals surface area contributed by atoms with Gasteiger partial charge in [0.05, 0.1) is 0 Å². The third kappa shape index (κ3) is 5.70. The van der Waals surface area contributed by atoms with E-state index in [1.165, 1.54) is 5.56 Å². The van der Waals surface area contributed by atoms with Crippen molar-refractivity contribution < 1.29 is 4.79 Å². The summed E-state index contributed by atoms with van der Waals surface area (Å²) in [6.45, 7) is 1.65. The number of Topliss-reactive ketones (excluding diaryl/α,β-unsaturated/α-hetero) is 1. The van der Waals surface area contributed by atoms with Gasteiger partial charge in [-0.05, 0) is 30.3 Å². The number of ketones is 1. The Morgan fingerprint density at radius 3 is 2.33 bits per heavy atom. The van der Waals surface area contributed by atoms with Crippen molar-refractivity contribution in [3.05, 3.63) is 70.7 Å². The minimum Gasteiger partial charge on any atom is -0.302 e. The number of rotatable bonds is 7. The van der Waals surface area contributed by atoms with Crippen LogP contribution in [0.4, 0.5) is 0 Å². The van der Waals surface area contributed by atoms with Gasteiger partial charge in [0.1, 0.15) is 5.78 Å². The van der Waals surface area contributed by atoms with Crippen LogP contribution < -0.4 is 0 Å². The van der Waals surface area contributed by atoms with Crippen LogP contribution in [0.15, 0.2) is 54.6 Å². The molecule has 3 heteroatoms. The third-order valence-electron chi connectivity index (χ3n) is 3.38. The molecule has 0 saturated heterocycles. The normalized spacial score (nSPS) is 10.8. The van der Waals surface area contributed by atoms with Gasteiger partial charge in [0.25, 0.3) is 0 Å². The maximum Gasteiger partial charge on any atom is 0.138 e. The molecule has 0 aromatic heterocycles. The van der Waals surface area contributed by atoms with E-state index < -0.39 is 0 Å². The summed E-state index contributed by atoms with van der Waals surface area (Å²) >= 11 is 5.84. The van der Waals surface area contributed by atoms with E-state index >= 15 is 0 Å². The van der Waals surface area contributed by atoms with E-state index in [-0.39, 0.29) is 5.78 Å². The van der Waals surface area contributed by atoms with Crippen LogP contribution in [0.25, 0.3) is 0 Å². The first kappa shape index (κ1) is 15.7. The van der Waals surface area contributed by atoms with Gasteiger partial charge in [-0.15, -0.1) is 0 Å². The quantitative estimate of drug-likeness (QED) is 0.771. The first-order valence-corrected chi connectivity index (χ1v) is 7.50. The summed E-state index contributed by atoms with van der Waals surface area (Å²) in [4.78, 5) is 14.2. The standard InChI is InChI=1S/C18H20ClNO/c1-20(14-16-5-3-2-4-6-16)12-11-18(21)13-15-7-9-17(19)10-8-15/h2-10H,11-14H2,1H3. The van der Waals surface area contributed by atoms with E-state index in [0.717, 1.165) is 18.7 Å². The summed E-state index contributed by atoms with van der Waals surface area (Å²) in [5, 5.41) is 0.703. The molecule has 0 spiro atoms. The monoisotopic (exact) mass is 301 g/mol. The average Bonchev–Trinajstić information content (AvgIpc) is 2.49. The molecule has 0 saturated carbocycles. The number of nitrogens with zero attached hydrogens (tertiary/aromatic N) is 1. The van der Waals surface area contributed by atoms with E-state index in [2.05, 4.69) is 17.0 Å². The van der Waals surface area contributed by atoms with Crippen LogP contribution in [-0.4, -0.2) is 24.3 Å². The van der Waals surface area contributed by atoms with Crippen LogP contribution in [-0.2, 0) is 17.8 Å². The summed E-state index contributed by atoms with van der Waals surface area (Å²) < 4.78 is 0. The van der Waals surface area contributed by atoms with Gasteiger partial charge < -0.3 is 4.90 Å². The molecule has 0 radical (unpaired) electrons. The van der Waals surface area contributed by atoms with Crippen LogP contribution in [0.2, 0.25) is 5.02 Å². The lowest BCUT2D eigenvalue weighted by molar-refractivity contribution is -0.118. The summed E-state index contributed by atoms with van der Waals surface area (Å²) in [5.41, 5.74) is 2.29. The topological polar surface area (TPSA) is 20.3 Å². The molecule has 2 aromatic rings. The highest BCUT2D eigenvalue weighted by molar-refractivity contribution is 6.30. The highest BCUT2D eigenvalue weighted by Crippen LogP contribution is 2.11. The van der Waals surface area contributed by atoms with Gasteiger partial charge in [-0.3, -0.25) is 4.79 Å². The van der Waals surface area contributed by atoms with Crippen molar-refractivity contribution in [2.24, 2.45) is 0 Å². The van der Waals surface area contributed by atoms with Gasteiger partial charge in [0, 0.05) is 31.0 Å². The predicted octanol–water partition coefficient (Wildman–Crippen LogP) is 3.97. The van der Waals surface area contributed by atoms with E-state index in [4.69, 9.17) is 11.6 Å². The molecule has 0 aliphatic carbocycles. The van der Waals surface area contributed by atoms with Crippen LogP contribution in [0.1, 0.15) is 17.5 Å². The van der Waals surface area contributed by atoms with Crippen LogP contribution in [0, 0.1) is 0 Å². The maximum atomic E-state index is 12.0. The van der Waals surface area contributed by atoms with Crippen molar-refractivity contribution >= 4 is 17.4 Å². The molecule has 0 bridgehead atoms. The van der Waals surface area contributed by atoms with Gasteiger partial charge in [-0.1, -0.05) is 54.1 Å². The number of hydrogen-bond donors (Lipinski definition) is 0. The predicted molar refractivity (Wildman–Crippen MR) is 87.6 cm³/mol. The smallest absolute Gasteiger partial charge is 0.138 e. The molecule has 0 amide bonds. The van der Waals surface area contributed by atoms with E-state index in [0.29, 0.717) is 17.9 Å². The van der Waals surface area contributed by atoms with E-state index in [1.54, 1.807) is 0 Å². The molecule has 0 atom stereocenters. The van der Waals surface area contributed by atoms with Crippen molar-refractivity contribution in [3.63, 3.8) is 0 Å². The van der Waals surface area contributed by atoms with Crippen molar-refractivity contribution in [1.29, 1.82) is 0 Å². The van der Waals surface area contributed by atoms with E-state index in [9.17, 15) is 4.79 Å². The van der Waals surface area contributed by atoms with Gasteiger partial charge in [0.15, 0.2) is 0 Å². The van der Waals surface area contributed by atoms with Crippen molar-refractivity contribution in [2.45, 2.75) is 19.4 Å². The first-order valence-electron chi connectivity index (χ1n) is 7.12. The Balaban J connectivity index is 1.74. The van der Waals surface area contributed by atoms with Crippen molar-refractivity contribution in [3.8, 4) is 0 Å². The van der Waals surface area contributed by atoms with Gasteiger partial charge in [-0.25, -0.2) is 0 Å². The van der Waals surface area contributed by atoms with Crippen LogP contribution in [0.3, 0.4) is 0 Å². The summed E-state index contributed by atoms with van der Waals surface area (Å²) in [6, 6.07) is 17.8. The molecule has 0 aliphatic heterocycles. The molecule has 0 unspecified atom stereocenters. The van der Waals surface area contributed by atoms with Crippen molar-refractivity contribution in [2.75, 3.05) is 13.6 Å². The van der Waals surface area contributed by atoms with Crippen LogP contribution in [0.5, 0.6) is 0 Å². The summed E-state index contributed by atoms with van der Waals surface area (Å²) in [6.07, 6.45) is 1.06. The summed E-state index contributed by atoms with van der Waals surface area (Å²) in [5.74, 6) is 0.261. The van der Waals surface area contributed by atoms with Crippen LogP contribution >= 0.6 is 11.6 Å². The SMILES string of the molecule is CN(CCC(=O)Cc1ccc(Cl)cc1)Cc1ccccc1. The fraction of sp³-hybridized carbons (Fsp3) is 0.278. The lowest BCUT2D eigenvalue weighted by atomic mass is 10.1. The molecule has 0 heterocycles. The zero-order valence-electron chi connectivity index (χ0n) is 12.3. The molecule has 2 nitrogen and oxygen atoms in total. The molecule has 110 valence electrons. The molecule has 2 aromatic carbocycles. The molecular formula is C18H20ClNO. The molecule has 21 heavy (non-hydrogen) atoms. The minimum atomic E-state index is 0.261. The fourth-order valence-electron chi connectivity index (χ4n) is 2.21. The summed E-state index contributed by atoms with van der Waals surface area (Å²) in [7, 11) is 2.04. The first-order chi connectivity index (χ1) is 10.1. The van der Waals surface area contributed by atoms with Gasteiger partial charge >= 0.3 is 0 Å². The highest BCUT2D eigenvalue weighted by Gasteiger charge is 2.06. The Labute approximate surface area is 131 Å². The largest absolute Gasteiger partial charge is 0.302 e. The lowest BCUT2D eigenvalue weighted by Crippen LogP contribution is -2.22. The minimum absolute atomic E-state index is 0.261. The molecule has 0 N–H and O–H groups in total. The average molecular weight is 302 g/mol. The van der Waals surface area contributed by atoms with E-state index in [1.807, 2.05) is 49.5 Å². The molecule has 0 aliphatic rings. The molecule has 2 rings (SSSR count).